The average Bonchev–Trinajstić information content (AvgIpc) is 2.82. The summed E-state index contributed by atoms with van der Waals surface area (Å²) < 4.78 is 21.8. The van der Waals surface area contributed by atoms with Crippen LogP contribution in [0.25, 0.3) is 0 Å². The van der Waals surface area contributed by atoms with Crippen LogP contribution >= 0.6 is 0 Å². The summed E-state index contributed by atoms with van der Waals surface area (Å²) in [5.74, 6) is -1.46. The zero-order chi connectivity index (χ0) is 25.3. The van der Waals surface area contributed by atoms with Crippen molar-refractivity contribution in [3.63, 3.8) is 0 Å². The van der Waals surface area contributed by atoms with E-state index in [2.05, 4.69) is 13.2 Å². The lowest BCUT2D eigenvalue weighted by atomic mass is 9.66. The first-order valence-electron chi connectivity index (χ1n) is 11.2. The smallest absolute Gasteiger partial charge is 0.335 e. The average molecular weight is 476 g/mol. The predicted octanol–water partition coefficient (Wildman–Crippen LogP) is 3.90. The number of ether oxygens (including phenoxy) is 4. The highest BCUT2D eigenvalue weighted by Crippen LogP contribution is 2.54. The third kappa shape index (κ3) is 4.23. The Bertz CT molecular complexity index is 1190. The van der Waals surface area contributed by atoms with Gasteiger partial charge >= 0.3 is 23.9 Å². The van der Waals surface area contributed by atoms with Gasteiger partial charge < -0.3 is 18.9 Å². The monoisotopic (exact) mass is 476 g/mol. The van der Waals surface area contributed by atoms with Crippen LogP contribution in [0.15, 0.2) is 49.6 Å². The maximum atomic E-state index is 12.8. The van der Waals surface area contributed by atoms with E-state index in [1.807, 2.05) is 13.8 Å². The van der Waals surface area contributed by atoms with Gasteiger partial charge in [0.25, 0.3) is 0 Å². The predicted molar refractivity (Wildman–Crippen MR) is 125 cm³/mol. The second kappa shape index (κ2) is 9.21. The van der Waals surface area contributed by atoms with Crippen LogP contribution in [0, 0.1) is 0 Å². The minimum absolute atomic E-state index is 0.0913. The molecule has 2 aliphatic rings. The Morgan fingerprint density at radius 3 is 1.57 bits per heavy atom. The van der Waals surface area contributed by atoms with Crippen LogP contribution in [-0.4, -0.2) is 23.9 Å². The van der Waals surface area contributed by atoms with Gasteiger partial charge in [-0.3, -0.25) is 9.59 Å². The summed E-state index contributed by atoms with van der Waals surface area (Å²) in [5.41, 5.74) is 1.56. The molecule has 0 aromatic heterocycles. The topological polar surface area (TPSA) is 105 Å². The van der Waals surface area contributed by atoms with Gasteiger partial charge in [0, 0.05) is 40.8 Å². The van der Waals surface area contributed by atoms with Crippen molar-refractivity contribution in [3.05, 3.63) is 71.8 Å². The van der Waals surface area contributed by atoms with Crippen LogP contribution in [0.5, 0.6) is 23.0 Å². The maximum absolute atomic E-state index is 12.8. The van der Waals surface area contributed by atoms with Crippen molar-refractivity contribution in [1.29, 1.82) is 0 Å². The number of hydrogen-bond acceptors (Lipinski definition) is 8. The normalized spacial score (nSPS) is 15.3. The van der Waals surface area contributed by atoms with E-state index in [9.17, 15) is 19.2 Å². The summed E-state index contributed by atoms with van der Waals surface area (Å²) >= 11 is 0. The fourth-order valence-electron chi connectivity index (χ4n) is 4.57. The third-order valence-corrected chi connectivity index (χ3v) is 6.21. The van der Waals surface area contributed by atoms with Gasteiger partial charge in [-0.05, 0) is 36.1 Å². The Kier molecular flexibility index (Phi) is 6.30. The number of esters is 4. The summed E-state index contributed by atoms with van der Waals surface area (Å²) in [6, 6.07) is 6.59. The molecule has 0 amide bonds. The molecular weight excluding hydrogens is 452 g/mol. The molecule has 2 aromatic rings. The molecule has 0 N–H and O–H groups in total. The Balaban J connectivity index is 1.95. The van der Waals surface area contributed by atoms with Gasteiger partial charge in [0.2, 0.25) is 0 Å². The molecule has 8 heteroatoms. The summed E-state index contributed by atoms with van der Waals surface area (Å²) in [5, 5.41) is 0. The summed E-state index contributed by atoms with van der Waals surface area (Å²) in [4.78, 5) is 49.2. The van der Waals surface area contributed by atoms with Crippen molar-refractivity contribution >= 4 is 23.9 Å². The van der Waals surface area contributed by atoms with E-state index in [0.29, 0.717) is 35.1 Å². The second-order valence-corrected chi connectivity index (χ2v) is 8.25. The SMILES string of the molecule is C=CC(=O)Oc1cc2c(cc1CC)C1(CC(=O)O2)CC(=O)Oc2cc(OC(=O)C=C)c(CC)cc21. The first-order valence-corrected chi connectivity index (χ1v) is 11.2. The lowest BCUT2D eigenvalue weighted by molar-refractivity contribution is -0.140. The molecule has 1 spiro atoms. The standard InChI is InChI=1S/C27H24O8/c1-5-15-9-17-21(11-19(15)32-23(28)7-3)34-25(30)13-27(17)14-26(31)35-22-12-20(33-24(29)8-4)16(6-2)10-18(22)27/h7-12H,3-6,13-14H2,1-2H3. The maximum Gasteiger partial charge on any atom is 0.335 e. The Labute approximate surface area is 202 Å². The minimum atomic E-state index is -1.06. The Hall–Kier alpha value is -4.20. The van der Waals surface area contributed by atoms with E-state index in [-0.39, 0.29) is 35.8 Å². The number of carbonyl (C=O) groups is 4. The van der Waals surface area contributed by atoms with Crippen LogP contribution in [0.2, 0.25) is 0 Å². The molecule has 0 unspecified atom stereocenters. The summed E-state index contributed by atoms with van der Waals surface area (Å²) in [7, 11) is 0. The lowest BCUT2D eigenvalue weighted by Crippen LogP contribution is -2.43. The lowest BCUT2D eigenvalue weighted by Gasteiger charge is -2.41. The van der Waals surface area contributed by atoms with Crippen molar-refractivity contribution in [2.45, 2.75) is 44.9 Å². The van der Waals surface area contributed by atoms with Crippen molar-refractivity contribution in [2.75, 3.05) is 0 Å². The van der Waals surface area contributed by atoms with E-state index in [1.165, 1.54) is 12.1 Å². The molecule has 0 saturated carbocycles. The van der Waals surface area contributed by atoms with Gasteiger partial charge in [0.05, 0.1) is 12.8 Å². The van der Waals surface area contributed by atoms with Gasteiger partial charge in [-0.15, -0.1) is 0 Å². The number of benzene rings is 2. The molecule has 180 valence electrons. The fourth-order valence-corrected chi connectivity index (χ4v) is 4.57. The van der Waals surface area contributed by atoms with Crippen LogP contribution in [0.1, 0.15) is 48.9 Å². The molecule has 0 radical (unpaired) electrons. The highest BCUT2D eigenvalue weighted by atomic mass is 16.6. The number of rotatable bonds is 6. The molecule has 0 aliphatic carbocycles. The van der Waals surface area contributed by atoms with Crippen molar-refractivity contribution < 1.29 is 38.1 Å². The zero-order valence-corrected chi connectivity index (χ0v) is 19.5. The first-order chi connectivity index (χ1) is 16.7. The van der Waals surface area contributed by atoms with Crippen molar-refractivity contribution in [3.8, 4) is 23.0 Å². The molecular formula is C27H24O8. The van der Waals surface area contributed by atoms with Crippen LogP contribution in [0.4, 0.5) is 0 Å². The highest BCUT2D eigenvalue weighted by molar-refractivity contribution is 5.88. The van der Waals surface area contributed by atoms with Crippen molar-refractivity contribution in [2.24, 2.45) is 0 Å². The molecule has 0 saturated heterocycles. The van der Waals surface area contributed by atoms with Gasteiger partial charge in [-0.2, -0.15) is 0 Å². The minimum Gasteiger partial charge on any atom is -0.426 e. The summed E-state index contributed by atoms with van der Waals surface area (Å²) in [6.45, 7) is 10.6. The van der Waals surface area contributed by atoms with Gasteiger partial charge in [0.1, 0.15) is 23.0 Å². The second-order valence-electron chi connectivity index (χ2n) is 8.25. The van der Waals surface area contributed by atoms with Crippen LogP contribution in [-0.2, 0) is 37.4 Å². The van der Waals surface area contributed by atoms with E-state index in [0.717, 1.165) is 12.2 Å². The number of fused-ring (bicyclic) bond motifs is 4. The fraction of sp³-hybridized carbons (Fsp3) is 0.259. The number of hydrogen-bond donors (Lipinski definition) is 0. The van der Waals surface area contributed by atoms with E-state index in [4.69, 9.17) is 18.9 Å². The molecule has 0 atom stereocenters. The molecule has 0 fully saturated rings. The molecule has 8 nitrogen and oxygen atoms in total. The highest BCUT2D eigenvalue weighted by Gasteiger charge is 2.50. The van der Waals surface area contributed by atoms with Crippen LogP contribution < -0.4 is 18.9 Å². The van der Waals surface area contributed by atoms with E-state index in [1.54, 1.807) is 12.1 Å². The zero-order valence-electron chi connectivity index (χ0n) is 19.5. The number of aryl methyl sites for hydroxylation is 2. The Morgan fingerprint density at radius 1 is 0.829 bits per heavy atom. The molecule has 2 aliphatic heterocycles. The molecule has 2 aromatic carbocycles. The first kappa shape index (κ1) is 23.9. The summed E-state index contributed by atoms with van der Waals surface area (Å²) in [6.07, 6.45) is 2.94. The van der Waals surface area contributed by atoms with Crippen molar-refractivity contribution in [1.82, 2.24) is 0 Å². The largest absolute Gasteiger partial charge is 0.426 e. The molecule has 4 rings (SSSR count). The Morgan fingerprint density at radius 2 is 1.23 bits per heavy atom. The third-order valence-electron chi connectivity index (χ3n) is 6.21. The number of carbonyl (C=O) groups excluding carboxylic acids is 4. The van der Waals surface area contributed by atoms with Crippen LogP contribution in [0.3, 0.4) is 0 Å². The molecule has 35 heavy (non-hydrogen) atoms. The quantitative estimate of drug-likeness (QED) is 0.351. The van der Waals surface area contributed by atoms with Gasteiger partial charge in [0.15, 0.2) is 0 Å². The molecule has 2 heterocycles. The molecule has 0 bridgehead atoms. The van der Waals surface area contributed by atoms with Gasteiger partial charge in [-0.25, -0.2) is 9.59 Å². The van der Waals surface area contributed by atoms with Gasteiger partial charge in [-0.1, -0.05) is 27.0 Å². The van der Waals surface area contributed by atoms with E-state index < -0.39 is 29.3 Å². The van der Waals surface area contributed by atoms with E-state index >= 15 is 0 Å².